The first-order chi connectivity index (χ1) is 8.72. The maximum Gasteiger partial charge on any atom is 0.379 e. The lowest BCUT2D eigenvalue weighted by molar-refractivity contribution is -0.0788. The summed E-state index contributed by atoms with van der Waals surface area (Å²) in [5.74, 6) is -1.31. The molecule has 18 heavy (non-hydrogen) atoms. The van der Waals surface area contributed by atoms with E-state index >= 15 is 0 Å². The third-order valence-electron chi connectivity index (χ3n) is 2.71. The van der Waals surface area contributed by atoms with Crippen LogP contribution in [0.5, 0.6) is 0 Å². The summed E-state index contributed by atoms with van der Waals surface area (Å²) in [5.41, 5.74) is 0.344. The van der Waals surface area contributed by atoms with Crippen molar-refractivity contribution < 1.29 is 23.8 Å². The van der Waals surface area contributed by atoms with Gasteiger partial charge in [-0.3, -0.25) is 4.79 Å². The first kappa shape index (κ1) is 12.5. The zero-order chi connectivity index (χ0) is 13.0. The van der Waals surface area contributed by atoms with Crippen molar-refractivity contribution in [3.63, 3.8) is 0 Å². The molecule has 0 unspecified atom stereocenters. The monoisotopic (exact) mass is 253 g/mol. The Labute approximate surface area is 103 Å². The predicted octanol–water partition coefficient (Wildman–Crippen LogP) is 1.20. The maximum atomic E-state index is 12.1. The molecule has 1 aromatic carbocycles. The van der Waals surface area contributed by atoms with Crippen molar-refractivity contribution in [3.8, 4) is 0 Å². The van der Waals surface area contributed by atoms with E-state index in [0.717, 1.165) is 0 Å². The summed E-state index contributed by atoms with van der Waals surface area (Å²) >= 11 is 0. The van der Waals surface area contributed by atoms with Gasteiger partial charge in [0.2, 0.25) is 0 Å². The zero-order valence-electron chi connectivity index (χ0n) is 9.60. The van der Waals surface area contributed by atoms with E-state index in [2.05, 4.69) is 4.94 Å². The molecular formula is C12H12FNO4. The normalized spacial score (nSPS) is 15.3. The molecule has 0 radical (unpaired) electrons. The Hall–Kier alpha value is -1.95. The molecule has 0 saturated carbocycles. The molecule has 0 bridgehead atoms. The van der Waals surface area contributed by atoms with Crippen molar-refractivity contribution in [2.24, 2.45) is 0 Å². The summed E-state index contributed by atoms with van der Waals surface area (Å²) in [6.45, 7) is 2.02. The van der Waals surface area contributed by atoms with Gasteiger partial charge in [0.05, 0.1) is 18.8 Å². The Morgan fingerprint density at radius 3 is 2.56 bits per heavy atom. The molecule has 1 aliphatic rings. The standard InChI is InChI=1S/C12H12FNO4/c13-18-12(16)10-3-1-2-9(8-10)11(15)14-4-6-17-7-5-14/h1-3,8H,4-7H2. The molecule has 1 saturated heterocycles. The fourth-order valence-electron chi connectivity index (χ4n) is 1.77. The molecule has 96 valence electrons. The first-order valence-corrected chi connectivity index (χ1v) is 5.52. The number of carbonyl (C=O) groups is 2. The molecule has 1 amide bonds. The lowest BCUT2D eigenvalue weighted by Crippen LogP contribution is -2.40. The lowest BCUT2D eigenvalue weighted by Gasteiger charge is -2.26. The summed E-state index contributed by atoms with van der Waals surface area (Å²) in [6, 6.07) is 5.80. The molecule has 0 N–H and O–H groups in total. The van der Waals surface area contributed by atoms with Crippen molar-refractivity contribution in [1.82, 2.24) is 4.90 Å². The number of morpholine rings is 1. The molecular weight excluding hydrogens is 241 g/mol. The first-order valence-electron chi connectivity index (χ1n) is 5.52. The van der Waals surface area contributed by atoms with Crippen LogP contribution in [0.15, 0.2) is 24.3 Å². The highest BCUT2D eigenvalue weighted by atomic mass is 19.3. The van der Waals surface area contributed by atoms with Gasteiger partial charge < -0.3 is 9.64 Å². The number of ether oxygens (including phenoxy) is 1. The van der Waals surface area contributed by atoms with Crippen LogP contribution in [0.1, 0.15) is 20.7 Å². The van der Waals surface area contributed by atoms with Gasteiger partial charge in [0.25, 0.3) is 5.91 Å². The van der Waals surface area contributed by atoms with E-state index in [9.17, 15) is 14.1 Å². The molecule has 2 rings (SSSR count). The van der Waals surface area contributed by atoms with E-state index in [0.29, 0.717) is 31.9 Å². The van der Waals surface area contributed by atoms with Crippen LogP contribution in [-0.2, 0) is 9.68 Å². The van der Waals surface area contributed by atoms with Crippen LogP contribution >= 0.6 is 0 Å². The zero-order valence-corrected chi connectivity index (χ0v) is 9.60. The number of hydrogen-bond acceptors (Lipinski definition) is 4. The molecule has 0 aromatic heterocycles. The number of halogens is 1. The Bertz CT molecular complexity index is 457. The van der Waals surface area contributed by atoms with Gasteiger partial charge >= 0.3 is 5.97 Å². The van der Waals surface area contributed by atoms with Gasteiger partial charge in [-0.15, -0.1) is 0 Å². The van der Waals surface area contributed by atoms with Gasteiger partial charge in [0, 0.05) is 23.2 Å². The van der Waals surface area contributed by atoms with Crippen LogP contribution < -0.4 is 0 Å². The van der Waals surface area contributed by atoms with Crippen molar-refractivity contribution in [1.29, 1.82) is 0 Å². The highest BCUT2D eigenvalue weighted by Crippen LogP contribution is 2.11. The summed E-state index contributed by atoms with van der Waals surface area (Å²) < 4.78 is 16.9. The average molecular weight is 253 g/mol. The van der Waals surface area contributed by atoms with Gasteiger partial charge in [-0.2, -0.15) is 0 Å². The maximum absolute atomic E-state index is 12.1. The fourth-order valence-corrected chi connectivity index (χ4v) is 1.77. The SMILES string of the molecule is O=C(OF)c1cccc(C(=O)N2CCOCC2)c1. The molecule has 1 aliphatic heterocycles. The van der Waals surface area contributed by atoms with Crippen LogP contribution in [0.3, 0.4) is 0 Å². The van der Waals surface area contributed by atoms with Gasteiger partial charge in [-0.05, 0) is 18.2 Å². The highest BCUT2D eigenvalue weighted by molar-refractivity contribution is 5.97. The minimum absolute atomic E-state index is 0.0107. The number of hydrogen-bond donors (Lipinski definition) is 0. The third kappa shape index (κ3) is 2.65. The molecule has 1 fully saturated rings. The fraction of sp³-hybridized carbons (Fsp3) is 0.333. The van der Waals surface area contributed by atoms with E-state index < -0.39 is 5.97 Å². The van der Waals surface area contributed by atoms with Crippen molar-refractivity contribution in [3.05, 3.63) is 35.4 Å². The molecule has 6 heteroatoms. The smallest absolute Gasteiger partial charge is 0.378 e. The average Bonchev–Trinajstić information content (AvgIpc) is 2.46. The van der Waals surface area contributed by atoms with Crippen LogP contribution in [0.4, 0.5) is 4.53 Å². The largest absolute Gasteiger partial charge is 0.379 e. The summed E-state index contributed by atoms with van der Waals surface area (Å²) in [7, 11) is 0. The lowest BCUT2D eigenvalue weighted by atomic mass is 10.1. The second-order valence-electron chi connectivity index (χ2n) is 3.85. The molecule has 0 aliphatic carbocycles. The second kappa shape index (κ2) is 5.59. The number of nitrogens with zero attached hydrogens (tertiary/aromatic N) is 1. The van der Waals surface area contributed by atoms with Crippen molar-refractivity contribution in [2.75, 3.05) is 26.3 Å². The quantitative estimate of drug-likeness (QED) is 0.794. The number of carbonyl (C=O) groups excluding carboxylic acids is 2. The molecule has 1 heterocycles. The molecule has 5 nitrogen and oxygen atoms in total. The number of benzene rings is 1. The van der Waals surface area contributed by atoms with Crippen LogP contribution in [-0.4, -0.2) is 43.1 Å². The topological polar surface area (TPSA) is 55.8 Å². The second-order valence-corrected chi connectivity index (χ2v) is 3.85. The summed E-state index contributed by atoms with van der Waals surface area (Å²) in [6.07, 6.45) is 0. The van der Waals surface area contributed by atoms with E-state index in [-0.39, 0.29) is 11.5 Å². The van der Waals surface area contributed by atoms with Gasteiger partial charge in [-0.1, -0.05) is 6.07 Å². The Kier molecular flexibility index (Phi) is 3.88. The highest BCUT2D eigenvalue weighted by Gasteiger charge is 2.19. The minimum atomic E-state index is -1.10. The summed E-state index contributed by atoms with van der Waals surface area (Å²) in [4.78, 5) is 27.9. The molecule has 1 aromatic rings. The molecule has 0 spiro atoms. The van der Waals surface area contributed by atoms with E-state index in [1.165, 1.54) is 18.2 Å². The number of amides is 1. The van der Waals surface area contributed by atoms with Gasteiger partial charge in [-0.25, -0.2) is 9.74 Å². The van der Waals surface area contributed by atoms with Crippen LogP contribution in [0.25, 0.3) is 0 Å². The van der Waals surface area contributed by atoms with E-state index in [1.54, 1.807) is 11.0 Å². The third-order valence-corrected chi connectivity index (χ3v) is 2.71. The van der Waals surface area contributed by atoms with Crippen molar-refractivity contribution in [2.45, 2.75) is 0 Å². The Morgan fingerprint density at radius 2 is 1.89 bits per heavy atom. The van der Waals surface area contributed by atoms with Crippen LogP contribution in [0, 0.1) is 0 Å². The van der Waals surface area contributed by atoms with Crippen molar-refractivity contribution >= 4 is 11.9 Å². The summed E-state index contributed by atoms with van der Waals surface area (Å²) in [5, 5.41) is 0. The molecule has 0 atom stereocenters. The predicted molar refractivity (Wildman–Crippen MR) is 59.7 cm³/mol. The Morgan fingerprint density at radius 1 is 1.22 bits per heavy atom. The van der Waals surface area contributed by atoms with Gasteiger partial charge in [0.1, 0.15) is 0 Å². The minimum Gasteiger partial charge on any atom is -0.378 e. The Balaban J connectivity index is 2.17. The van der Waals surface area contributed by atoms with E-state index in [1.807, 2.05) is 0 Å². The van der Waals surface area contributed by atoms with E-state index in [4.69, 9.17) is 4.74 Å². The van der Waals surface area contributed by atoms with Gasteiger partial charge in [0.15, 0.2) is 0 Å². The van der Waals surface area contributed by atoms with Crippen LogP contribution in [0.2, 0.25) is 0 Å². The number of rotatable bonds is 2.